The van der Waals surface area contributed by atoms with Crippen LogP contribution < -0.4 is 0 Å². The van der Waals surface area contributed by atoms with Crippen molar-refractivity contribution in [3.63, 3.8) is 0 Å². The van der Waals surface area contributed by atoms with Crippen molar-refractivity contribution in [1.82, 2.24) is 4.90 Å². The highest BCUT2D eigenvalue weighted by Gasteiger charge is 2.34. The lowest BCUT2D eigenvalue weighted by molar-refractivity contribution is -0.384. The first kappa shape index (κ1) is 24.2. The number of nitro benzene ring substituents is 1. The predicted molar refractivity (Wildman–Crippen MR) is 138 cm³/mol. The molecule has 0 radical (unpaired) electrons. The molecule has 2 aromatic carbocycles. The van der Waals surface area contributed by atoms with Crippen LogP contribution in [0.15, 0.2) is 86.5 Å². The second-order valence-electron chi connectivity index (χ2n) is 8.93. The van der Waals surface area contributed by atoms with E-state index >= 15 is 0 Å². The van der Waals surface area contributed by atoms with Crippen molar-refractivity contribution >= 4 is 40.8 Å². The van der Waals surface area contributed by atoms with E-state index in [1.165, 1.54) is 40.6 Å². The molecule has 0 unspecified atom stereocenters. The van der Waals surface area contributed by atoms with Gasteiger partial charge in [0, 0.05) is 12.1 Å². The number of amidine groups is 1. The van der Waals surface area contributed by atoms with Crippen LogP contribution in [-0.4, -0.2) is 27.1 Å². The summed E-state index contributed by atoms with van der Waals surface area (Å²) in [6, 6.07) is 17.7. The first-order chi connectivity index (χ1) is 16.7. The summed E-state index contributed by atoms with van der Waals surface area (Å²) in [5, 5.41) is 19.6. The lowest BCUT2D eigenvalue weighted by Gasteiger charge is -2.18. The Labute approximate surface area is 207 Å². The van der Waals surface area contributed by atoms with E-state index in [2.05, 4.69) is 43.1 Å². The lowest BCUT2D eigenvalue weighted by Crippen LogP contribution is -2.28. The summed E-state index contributed by atoms with van der Waals surface area (Å²) in [6.45, 7) is 6.70. The quantitative estimate of drug-likeness (QED) is 0.183. The van der Waals surface area contributed by atoms with Gasteiger partial charge < -0.3 is 4.42 Å². The maximum atomic E-state index is 13.2. The van der Waals surface area contributed by atoms with Crippen molar-refractivity contribution in [3.05, 3.63) is 104 Å². The number of hydrogen-bond acceptors (Lipinski definition) is 7. The van der Waals surface area contributed by atoms with Gasteiger partial charge in [-0.25, -0.2) is 0 Å². The molecule has 0 bridgehead atoms. The van der Waals surface area contributed by atoms with Crippen molar-refractivity contribution in [2.45, 2.75) is 32.7 Å². The molecule has 35 heavy (non-hydrogen) atoms. The molecule has 0 saturated carbocycles. The Bertz CT molecular complexity index is 1300. The Morgan fingerprint density at radius 3 is 2.34 bits per heavy atom. The molecule has 8 nitrogen and oxygen atoms in total. The maximum absolute atomic E-state index is 13.2. The minimum absolute atomic E-state index is 0.000318. The Hall–Kier alpha value is -3.98. The summed E-state index contributed by atoms with van der Waals surface area (Å²) in [5.74, 6) is 0.442. The molecule has 178 valence electrons. The Balaban J connectivity index is 1.58. The number of amides is 1. The van der Waals surface area contributed by atoms with Crippen molar-refractivity contribution < 1.29 is 14.1 Å². The van der Waals surface area contributed by atoms with Gasteiger partial charge in [0.1, 0.15) is 5.76 Å². The molecule has 2 heterocycles. The Morgan fingerprint density at radius 2 is 1.74 bits per heavy atom. The summed E-state index contributed by atoms with van der Waals surface area (Å²) < 4.78 is 5.42. The van der Waals surface area contributed by atoms with Crippen molar-refractivity contribution in [1.29, 1.82) is 0 Å². The Kier molecular flexibility index (Phi) is 6.97. The third kappa shape index (κ3) is 5.93. The van der Waals surface area contributed by atoms with Crippen LogP contribution in [0.3, 0.4) is 0 Å². The molecule has 0 aliphatic carbocycles. The molecule has 1 aliphatic rings. The first-order valence-electron chi connectivity index (χ1n) is 10.9. The summed E-state index contributed by atoms with van der Waals surface area (Å²) in [6.07, 6.45) is 4.89. The molecule has 0 N–H and O–H groups in total. The van der Waals surface area contributed by atoms with Crippen LogP contribution in [0, 0.1) is 10.1 Å². The molecule has 0 atom stereocenters. The van der Waals surface area contributed by atoms with Crippen LogP contribution >= 0.6 is 11.8 Å². The topological polar surface area (TPSA) is 101 Å². The number of non-ortho nitro benzene ring substituents is 1. The smallest absolute Gasteiger partial charge is 0.269 e. The number of nitro groups is 1. The van der Waals surface area contributed by atoms with Gasteiger partial charge >= 0.3 is 0 Å². The monoisotopic (exact) mass is 488 g/mol. The van der Waals surface area contributed by atoms with Gasteiger partial charge in [-0.1, -0.05) is 45.0 Å². The van der Waals surface area contributed by atoms with Gasteiger partial charge in [-0.15, -0.1) is 5.10 Å². The van der Waals surface area contributed by atoms with Crippen molar-refractivity contribution in [2.24, 2.45) is 10.2 Å². The maximum Gasteiger partial charge on any atom is 0.269 e. The van der Waals surface area contributed by atoms with Gasteiger partial charge in [-0.05, 0) is 64.2 Å². The average Bonchev–Trinajstić information content (AvgIpc) is 3.43. The second-order valence-corrected chi connectivity index (χ2v) is 9.94. The highest BCUT2D eigenvalue weighted by Crippen LogP contribution is 2.34. The van der Waals surface area contributed by atoms with Gasteiger partial charge in [-0.3, -0.25) is 19.8 Å². The number of nitrogens with zero attached hydrogens (tertiary/aromatic N) is 4. The number of rotatable bonds is 6. The van der Waals surface area contributed by atoms with Gasteiger partial charge in [0.05, 0.1) is 28.9 Å². The number of thioether (sulfide) groups is 1. The number of hydrogen-bond donors (Lipinski definition) is 0. The molecule has 1 aromatic heterocycles. The van der Waals surface area contributed by atoms with E-state index in [1.807, 2.05) is 18.2 Å². The standard InChI is InChI=1S/C26H24N4O4S/c1-26(2,3)20-10-6-18(7-11-20)15-23-24(31)29(17-22-5-4-14-34-22)25(35-23)28-27-16-19-8-12-21(13-9-19)30(32)33/h4-16H,17H2,1-3H3/b23-15-,27-16-,28-25+. The highest BCUT2D eigenvalue weighted by molar-refractivity contribution is 8.18. The molecule has 1 fully saturated rings. The van der Waals surface area contributed by atoms with Gasteiger partial charge in [-0.2, -0.15) is 5.10 Å². The molecule has 1 saturated heterocycles. The van der Waals surface area contributed by atoms with Gasteiger partial charge in [0.15, 0.2) is 5.17 Å². The van der Waals surface area contributed by atoms with E-state index < -0.39 is 4.92 Å². The number of carbonyl (C=O) groups is 1. The normalized spacial score (nSPS) is 16.7. The molecule has 1 amide bonds. The van der Waals surface area contributed by atoms with Crippen LogP contribution in [0.1, 0.15) is 43.2 Å². The minimum atomic E-state index is -0.459. The summed E-state index contributed by atoms with van der Waals surface area (Å²) in [4.78, 5) is 25.6. The van der Waals surface area contributed by atoms with Crippen LogP contribution in [0.25, 0.3) is 6.08 Å². The third-order valence-electron chi connectivity index (χ3n) is 5.31. The molecule has 0 spiro atoms. The van der Waals surface area contributed by atoms with E-state index in [0.29, 0.717) is 21.4 Å². The zero-order valence-electron chi connectivity index (χ0n) is 19.5. The van der Waals surface area contributed by atoms with E-state index in [1.54, 1.807) is 30.5 Å². The van der Waals surface area contributed by atoms with Crippen LogP contribution in [0.5, 0.6) is 0 Å². The lowest BCUT2D eigenvalue weighted by atomic mass is 9.87. The fourth-order valence-corrected chi connectivity index (χ4v) is 4.27. The van der Waals surface area contributed by atoms with E-state index in [-0.39, 0.29) is 23.6 Å². The van der Waals surface area contributed by atoms with E-state index in [9.17, 15) is 14.9 Å². The largest absolute Gasteiger partial charge is 0.467 e. The van der Waals surface area contributed by atoms with E-state index in [4.69, 9.17) is 4.42 Å². The predicted octanol–water partition coefficient (Wildman–Crippen LogP) is 5.99. The molecule has 3 aromatic rings. The summed E-state index contributed by atoms with van der Waals surface area (Å²) in [5.41, 5.74) is 2.84. The van der Waals surface area contributed by atoms with Crippen LogP contribution in [0.2, 0.25) is 0 Å². The molecular weight excluding hydrogens is 464 g/mol. The number of carbonyl (C=O) groups excluding carboxylic acids is 1. The van der Waals surface area contributed by atoms with Crippen molar-refractivity contribution in [3.8, 4) is 0 Å². The fraction of sp³-hybridized carbons (Fsp3) is 0.192. The van der Waals surface area contributed by atoms with Gasteiger partial charge in [0.25, 0.3) is 11.6 Å². The zero-order valence-corrected chi connectivity index (χ0v) is 20.4. The second kappa shape index (κ2) is 10.1. The highest BCUT2D eigenvalue weighted by atomic mass is 32.2. The number of benzene rings is 2. The molecule has 9 heteroatoms. The SMILES string of the molecule is CC(C)(C)c1ccc(/C=C2\S/C(=N/N=C\c3ccc([N+](=O)[O-])cc3)N(Cc3ccco3)C2=O)cc1. The van der Waals surface area contributed by atoms with Crippen LogP contribution in [0.4, 0.5) is 5.69 Å². The number of furan rings is 1. The minimum Gasteiger partial charge on any atom is -0.467 e. The molecular formula is C26H24N4O4S. The summed E-state index contributed by atoms with van der Waals surface area (Å²) in [7, 11) is 0. The van der Waals surface area contributed by atoms with Crippen molar-refractivity contribution in [2.75, 3.05) is 0 Å². The molecule has 4 rings (SSSR count). The first-order valence-corrected chi connectivity index (χ1v) is 11.7. The Morgan fingerprint density at radius 1 is 1.06 bits per heavy atom. The molecule has 1 aliphatic heterocycles. The average molecular weight is 489 g/mol. The van der Waals surface area contributed by atoms with E-state index in [0.717, 1.165) is 5.56 Å². The van der Waals surface area contributed by atoms with Crippen LogP contribution in [-0.2, 0) is 16.8 Å². The van der Waals surface area contributed by atoms with Gasteiger partial charge in [0.2, 0.25) is 0 Å². The zero-order chi connectivity index (χ0) is 25.0. The third-order valence-corrected chi connectivity index (χ3v) is 6.31. The summed E-state index contributed by atoms with van der Waals surface area (Å²) >= 11 is 1.24. The fourth-order valence-electron chi connectivity index (χ4n) is 3.34.